The molecule has 0 bridgehead atoms. The Labute approximate surface area is 220 Å². The van der Waals surface area contributed by atoms with Crippen LogP contribution in [0.25, 0.3) is 0 Å². The Bertz CT molecular complexity index is 1080. The van der Waals surface area contributed by atoms with Crippen LogP contribution in [0.1, 0.15) is 82.3 Å². The van der Waals surface area contributed by atoms with Gasteiger partial charge in [-0.15, -0.1) is 11.3 Å². The molecule has 5 heteroatoms. The molecular formula is C31H43NO3S. The SMILES string of the molecule is C=C1/C(=C\C=C2/CCC[C@]3(C)[C@@H]([C@H](C)/C=C/[C@@H](O)C4(c5nc(C)cs5)CC4)CC[C@@H]23)C[C@@H](O)C[C@@H]1O. The summed E-state index contributed by atoms with van der Waals surface area (Å²) in [6, 6.07) is 0. The highest BCUT2D eigenvalue weighted by Crippen LogP contribution is 2.60. The molecule has 4 nitrogen and oxygen atoms in total. The topological polar surface area (TPSA) is 73.6 Å². The fourth-order valence-electron chi connectivity index (χ4n) is 7.56. The van der Waals surface area contributed by atoms with Gasteiger partial charge in [0.15, 0.2) is 0 Å². The predicted octanol–water partition coefficient (Wildman–Crippen LogP) is 6.18. The monoisotopic (exact) mass is 509 g/mol. The number of aliphatic hydroxyl groups is 3. The Morgan fingerprint density at radius 1 is 1.17 bits per heavy atom. The van der Waals surface area contributed by atoms with Crippen LogP contribution in [-0.2, 0) is 5.41 Å². The number of aromatic nitrogens is 1. The molecular weight excluding hydrogens is 466 g/mol. The molecule has 1 aromatic heterocycles. The van der Waals surface area contributed by atoms with Gasteiger partial charge in [0.25, 0.3) is 0 Å². The number of thiazole rings is 1. The van der Waals surface area contributed by atoms with Crippen LogP contribution in [0.4, 0.5) is 0 Å². The molecule has 0 saturated heterocycles. The van der Waals surface area contributed by atoms with Gasteiger partial charge in [-0.25, -0.2) is 4.98 Å². The zero-order valence-corrected chi connectivity index (χ0v) is 22.9. The summed E-state index contributed by atoms with van der Waals surface area (Å²) < 4.78 is 0. The lowest BCUT2D eigenvalue weighted by molar-refractivity contribution is 0.0862. The van der Waals surface area contributed by atoms with Crippen molar-refractivity contribution in [3.05, 3.63) is 63.7 Å². The first-order valence-corrected chi connectivity index (χ1v) is 14.8. The molecule has 196 valence electrons. The number of hydrogen-bond donors (Lipinski definition) is 3. The first-order valence-electron chi connectivity index (χ1n) is 13.9. The molecule has 0 radical (unpaired) electrons. The third kappa shape index (κ3) is 4.73. The molecule has 0 aromatic carbocycles. The largest absolute Gasteiger partial charge is 0.393 e. The Hall–Kier alpha value is -1.53. The fraction of sp³-hybridized carbons (Fsp3) is 0.645. The van der Waals surface area contributed by atoms with E-state index in [9.17, 15) is 15.3 Å². The third-order valence-corrected chi connectivity index (χ3v) is 11.1. The maximum Gasteiger partial charge on any atom is 0.102 e. The van der Waals surface area contributed by atoms with Crippen LogP contribution in [0.5, 0.6) is 0 Å². The predicted molar refractivity (Wildman–Crippen MR) is 147 cm³/mol. The minimum absolute atomic E-state index is 0.157. The maximum absolute atomic E-state index is 11.1. The Kier molecular flexibility index (Phi) is 7.23. The summed E-state index contributed by atoms with van der Waals surface area (Å²) in [5, 5.41) is 34.6. The lowest BCUT2D eigenvalue weighted by atomic mass is 9.61. The van der Waals surface area contributed by atoms with Gasteiger partial charge in [-0.05, 0) is 92.6 Å². The molecule has 0 spiro atoms. The van der Waals surface area contributed by atoms with Crippen LogP contribution < -0.4 is 0 Å². The lowest BCUT2D eigenvalue weighted by Gasteiger charge is -2.44. The number of aliphatic hydroxyl groups excluding tert-OH is 3. The van der Waals surface area contributed by atoms with Crippen molar-refractivity contribution in [2.24, 2.45) is 23.2 Å². The van der Waals surface area contributed by atoms with Crippen LogP contribution in [0.15, 0.2) is 53.0 Å². The van der Waals surface area contributed by atoms with Gasteiger partial charge < -0.3 is 15.3 Å². The van der Waals surface area contributed by atoms with E-state index >= 15 is 0 Å². The Balaban J connectivity index is 1.29. The number of allylic oxidation sites excluding steroid dienone is 4. The first-order chi connectivity index (χ1) is 17.1. The van der Waals surface area contributed by atoms with E-state index in [0.717, 1.165) is 41.1 Å². The van der Waals surface area contributed by atoms with Crippen molar-refractivity contribution < 1.29 is 15.3 Å². The first kappa shape index (κ1) is 26.1. The van der Waals surface area contributed by atoms with Gasteiger partial charge in [0, 0.05) is 17.5 Å². The van der Waals surface area contributed by atoms with E-state index < -0.39 is 18.3 Å². The van der Waals surface area contributed by atoms with E-state index in [1.807, 2.05) is 6.92 Å². The highest BCUT2D eigenvalue weighted by atomic mass is 32.1. The third-order valence-electron chi connectivity index (χ3n) is 9.93. The van der Waals surface area contributed by atoms with Gasteiger partial charge in [-0.3, -0.25) is 0 Å². The summed E-state index contributed by atoms with van der Waals surface area (Å²) in [7, 11) is 0. The van der Waals surface area contributed by atoms with Gasteiger partial charge in [-0.1, -0.05) is 50.3 Å². The second-order valence-electron chi connectivity index (χ2n) is 12.3. The minimum Gasteiger partial charge on any atom is -0.393 e. The van der Waals surface area contributed by atoms with E-state index in [1.165, 1.54) is 31.3 Å². The van der Waals surface area contributed by atoms with Crippen molar-refractivity contribution in [1.29, 1.82) is 0 Å². The average molecular weight is 510 g/mol. The molecule has 36 heavy (non-hydrogen) atoms. The molecule has 4 fully saturated rings. The quantitative estimate of drug-likeness (QED) is 0.401. The molecule has 4 aliphatic carbocycles. The highest BCUT2D eigenvalue weighted by molar-refractivity contribution is 7.09. The normalized spacial score (nSPS) is 38.0. The van der Waals surface area contributed by atoms with E-state index in [-0.39, 0.29) is 10.8 Å². The standard InChI is InChI=1S/C31H43NO3S/c1-19(7-12-28(35)31(14-15-31)29-32-20(2)18-36-29)25-10-11-26-22(6-5-13-30(25,26)4)8-9-23-16-24(33)17-27(34)21(23)3/h7-9,12,18-19,24-28,33-35H,3,5-6,10-11,13-17H2,1-2,4H3/b12-7+,22-8+,23-9-/t19-,24-,25-,26+,27+,28-,30-/m1/s1. The van der Waals surface area contributed by atoms with E-state index in [2.05, 4.69) is 55.1 Å². The lowest BCUT2D eigenvalue weighted by Crippen LogP contribution is -2.35. The molecule has 0 unspecified atom stereocenters. The van der Waals surface area contributed by atoms with Crippen LogP contribution in [0.2, 0.25) is 0 Å². The van der Waals surface area contributed by atoms with Crippen LogP contribution in [-0.4, -0.2) is 38.6 Å². The molecule has 4 aliphatic rings. The zero-order chi connectivity index (χ0) is 25.7. The summed E-state index contributed by atoms with van der Waals surface area (Å²) in [5.41, 5.74) is 4.43. The van der Waals surface area contributed by atoms with Crippen molar-refractivity contribution in [1.82, 2.24) is 4.98 Å². The highest BCUT2D eigenvalue weighted by Gasteiger charge is 2.53. The number of aryl methyl sites for hydroxylation is 1. The van der Waals surface area contributed by atoms with Crippen LogP contribution in [0.3, 0.4) is 0 Å². The van der Waals surface area contributed by atoms with Gasteiger partial charge in [0.1, 0.15) is 5.01 Å². The van der Waals surface area contributed by atoms with E-state index in [1.54, 1.807) is 11.3 Å². The smallest absolute Gasteiger partial charge is 0.102 e. The summed E-state index contributed by atoms with van der Waals surface area (Å²) in [5.74, 6) is 1.60. The molecule has 0 amide bonds. The molecule has 1 heterocycles. The minimum atomic E-state index is -0.636. The van der Waals surface area contributed by atoms with Crippen molar-refractivity contribution in [3.8, 4) is 0 Å². The van der Waals surface area contributed by atoms with E-state index in [4.69, 9.17) is 0 Å². The summed E-state index contributed by atoms with van der Waals surface area (Å²) in [6.07, 6.45) is 16.2. The number of fused-ring (bicyclic) bond motifs is 1. The molecule has 1 aromatic rings. The number of nitrogens with zero attached hydrogens (tertiary/aromatic N) is 1. The number of hydrogen-bond acceptors (Lipinski definition) is 5. The van der Waals surface area contributed by atoms with Crippen molar-refractivity contribution in [3.63, 3.8) is 0 Å². The van der Waals surface area contributed by atoms with Crippen molar-refractivity contribution >= 4 is 11.3 Å². The molecule has 5 rings (SSSR count). The Morgan fingerprint density at radius 3 is 2.64 bits per heavy atom. The van der Waals surface area contributed by atoms with Crippen molar-refractivity contribution in [2.45, 2.75) is 102 Å². The molecule has 4 saturated carbocycles. The molecule has 7 atom stereocenters. The van der Waals surface area contributed by atoms with Crippen molar-refractivity contribution in [2.75, 3.05) is 0 Å². The average Bonchev–Trinajstić information content (AvgIpc) is 3.41. The second kappa shape index (κ2) is 9.98. The maximum atomic E-state index is 11.1. The number of rotatable bonds is 6. The second-order valence-corrected chi connectivity index (χ2v) is 13.2. The van der Waals surface area contributed by atoms with Crippen LogP contribution >= 0.6 is 11.3 Å². The summed E-state index contributed by atoms with van der Waals surface area (Å²) >= 11 is 1.69. The van der Waals surface area contributed by atoms with Gasteiger partial charge >= 0.3 is 0 Å². The molecule has 0 aliphatic heterocycles. The van der Waals surface area contributed by atoms with E-state index in [0.29, 0.717) is 30.6 Å². The zero-order valence-electron chi connectivity index (χ0n) is 22.1. The van der Waals surface area contributed by atoms with Crippen LogP contribution in [0, 0.1) is 30.1 Å². The summed E-state index contributed by atoms with van der Waals surface area (Å²) in [6.45, 7) is 10.9. The fourth-order valence-corrected chi connectivity index (χ4v) is 8.65. The molecule has 3 N–H and O–H groups in total. The van der Waals surface area contributed by atoms with Gasteiger partial charge in [0.05, 0.1) is 23.7 Å². The van der Waals surface area contributed by atoms with Gasteiger partial charge in [0.2, 0.25) is 0 Å². The Morgan fingerprint density at radius 2 is 1.94 bits per heavy atom. The summed E-state index contributed by atoms with van der Waals surface area (Å²) in [4.78, 5) is 4.69. The van der Waals surface area contributed by atoms with Gasteiger partial charge in [-0.2, -0.15) is 0 Å².